The van der Waals surface area contributed by atoms with Crippen LogP contribution in [0.2, 0.25) is 5.02 Å². The van der Waals surface area contributed by atoms with E-state index in [1.54, 1.807) is 11.3 Å². The van der Waals surface area contributed by atoms with E-state index in [0.29, 0.717) is 0 Å². The normalized spacial score (nSPS) is 10.6. The lowest BCUT2D eigenvalue weighted by Crippen LogP contribution is -1.99. The van der Waals surface area contributed by atoms with Crippen LogP contribution < -0.4 is 5.32 Å². The molecule has 106 valence electrons. The van der Waals surface area contributed by atoms with Crippen LogP contribution in [-0.2, 0) is 6.54 Å². The second-order valence-corrected chi connectivity index (χ2v) is 6.34. The molecule has 0 saturated carbocycles. The van der Waals surface area contributed by atoms with E-state index in [9.17, 15) is 0 Å². The molecule has 3 heteroatoms. The molecule has 1 N–H and O–H groups in total. The zero-order valence-electron chi connectivity index (χ0n) is 11.8. The lowest BCUT2D eigenvalue weighted by molar-refractivity contribution is 1.18. The highest BCUT2D eigenvalue weighted by molar-refractivity contribution is 7.10. The van der Waals surface area contributed by atoms with E-state index in [0.717, 1.165) is 22.8 Å². The van der Waals surface area contributed by atoms with Crippen LogP contribution in [0.1, 0.15) is 10.4 Å². The van der Waals surface area contributed by atoms with E-state index in [1.165, 1.54) is 16.0 Å². The minimum atomic E-state index is 0.802. The second kappa shape index (κ2) is 6.33. The highest BCUT2D eigenvalue weighted by Crippen LogP contribution is 2.27. The van der Waals surface area contributed by atoms with Gasteiger partial charge >= 0.3 is 0 Å². The number of nitrogens with one attached hydrogen (secondary N) is 1. The molecular formula is C18H16ClNS. The molecular weight excluding hydrogens is 298 g/mol. The Morgan fingerprint density at radius 3 is 2.62 bits per heavy atom. The summed E-state index contributed by atoms with van der Waals surface area (Å²) in [7, 11) is 0. The molecule has 0 bridgehead atoms. The molecule has 1 heterocycles. The maximum absolute atomic E-state index is 6.14. The Bertz CT molecular complexity index is 734. The fourth-order valence-corrected chi connectivity index (χ4v) is 3.24. The summed E-state index contributed by atoms with van der Waals surface area (Å²) < 4.78 is 0. The van der Waals surface area contributed by atoms with E-state index >= 15 is 0 Å². The topological polar surface area (TPSA) is 12.0 Å². The SMILES string of the molecule is Cc1c(Cl)cccc1NCc1cc(-c2ccccc2)cs1. The molecule has 3 aromatic rings. The monoisotopic (exact) mass is 313 g/mol. The summed E-state index contributed by atoms with van der Waals surface area (Å²) >= 11 is 7.92. The van der Waals surface area contributed by atoms with Crippen LogP contribution in [0.4, 0.5) is 5.69 Å². The summed E-state index contributed by atoms with van der Waals surface area (Å²) in [5.41, 5.74) is 4.73. The molecule has 0 saturated heterocycles. The van der Waals surface area contributed by atoms with E-state index in [2.05, 4.69) is 47.1 Å². The molecule has 0 aliphatic rings. The lowest BCUT2D eigenvalue weighted by atomic mass is 10.1. The Kier molecular flexibility index (Phi) is 4.28. The average Bonchev–Trinajstić information content (AvgIpc) is 2.99. The molecule has 0 aliphatic heterocycles. The Morgan fingerprint density at radius 1 is 1.00 bits per heavy atom. The number of rotatable bonds is 4. The smallest absolute Gasteiger partial charge is 0.0494 e. The molecule has 3 rings (SSSR count). The van der Waals surface area contributed by atoms with E-state index in [4.69, 9.17) is 11.6 Å². The molecule has 0 aliphatic carbocycles. The van der Waals surface area contributed by atoms with Crippen LogP contribution in [-0.4, -0.2) is 0 Å². The van der Waals surface area contributed by atoms with Gasteiger partial charge in [0.15, 0.2) is 0 Å². The van der Waals surface area contributed by atoms with Crippen LogP contribution in [0, 0.1) is 6.92 Å². The van der Waals surface area contributed by atoms with Crippen molar-refractivity contribution in [2.45, 2.75) is 13.5 Å². The highest BCUT2D eigenvalue weighted by atomic mass is 35.5. The van der Waals surface area contributed by atoms with Crippen LogP contribution in [0.5, 0.6) is 0 Å². The Balaban J connectivity index is 1.72. The molecule has 0 unspecified atom stereocenters. The number of halogens is 1. The van der Waals surface area contributed by atoms with Crippen molar-refractivity contribution < 1.29 is 0 Å². The molecule has 21 heavy (non-hydrogen) atoms. The Labute approximate surface area is 134 Å². The first-order valence-electron chi connectivity index (χ1n) is 6.86. The molecule has 2 aromatic carbocycles. The minimum absolute atomic E-state index is 0.802. The first-order valence-corrected chi connectivity index (χ1v) is 8.11. The predicted octanol–water partition coefficient (Wildman–Crippen LogP) is 5.99. The Morgan fingerprint density at radius 2 is 1.81 bits per heavy atom. The van der Waals surface area contributed by atoms with Crippen LogP contribution in [0.15, 0.2) is 60.0 Å². The number of anilines is 1. The lowest BCUT2D eigenvalue weighted by Gasteiger charge is -2.09. The van der Waals surface area contributed by atoms with Gasteiger partial charge in [-0.05, 0) is 47.2 Å². The van der Waals surface area contributed by atoms with Crippen molar-refractivity contribution in [1.82, 2.24) is 0 Å². The van der Waals surface area contributed by atoms with Crippen LogP contribution >= 0.6 is 22.9 Å². The molecule has 0 atom stereocenters. The molecule has 1 nitrogen and oxygen atoms in total. The second-order valence-electron chi connectivity index (χ2n) is 4.93. The number of thiophene rings is 1. The summed E-state index contributed by atoms with van der Waals surface area (Å²) in [6.45, 7) is 2.85. The maximum atomic E-state index is 6.14. The van der Waals surface area contributed by atoms with Crippen molar-refractivity contribution >= 4 is 28.6 Å². The third-order valence-electron chi connectivity index (χ3n) is 3.48. The van der Waals surface area contributed by atoms with Crippen molar-refractivity contribution in [3.05, 3.63) is 75.4 Å². The third kappa shape index (κ3) is 3.29. The van der Waals surface area contributed by atoms with Crippen molar-refractivity contribution in [3.63, 3.8) is 0 Å². The van der Waals surface area contributed by atoms with Gasteiger partial charge in [-0.3, -0.25) is 0 Å². The van der Waals surface area contributed by atoms with Gasteiger partial charge in [0.2, 0.25) is 0 Å². The van der Waals surface area contributed by atoms with Crippen LogP contribution in [0.3, 0.4) is 0 Å². The highest BCUT2D eigenvalue weighted by Gasteiger charge is 2.04. The first kappa shape index (κ1) is 14.2. The van der Waals surface area contributed by atoms with Gasteiger partial charge in [-0.25, -0.2) is 0 Å². The van der Waals surface area contributed by atoms with Crippen molar-refractivity contribution in [2.75, 3.05) is 5.32 Å². The maximum Gasteiger partial charge on any atom is 0.0494 e. The molecule has 0 amide bonds. The molecule has 1 aromatic heterocycles. The minimum Gasteiger partial charge on any atom is -0.380 e. The van der Waals surface area contributed by atoms with E-state index in [1.807, 2.05) is 25.1 Å². The zero-order chi connectivity index (χ0) is 14.7. The summed E-state index contributed by atoms with van der Waals surface area (Å²) in [4.78, 5) is 1.31. The summed E-state index contributed by atoms with van der Waals surface area (Å²) in [5.74, 6) is 0. The summed E-state index contributed by atoms with van der Waals surface area (Å²) in [6, 6.07) is 18.7. The zero-order valence-corrected chi connectivity index (χ0v) is 13.3. The van der Waals surface area contributed by atoms with Gasteiger partial charge in [0.1, 0.15) is 0 Å². The number of hydrogen-bond acceptors (Lipinski definition) is 2. The number of benzene rings is 2. The largest absolute Gasteiger partial charge is 0.380 e. The van der Waals surface area contributed by atoms with E-state index in [-0.39, 0.29) is 0 Å². The van der Waals surface area contributed by atoms with Crippen molar-refractivity contribution in [1.29, 1.82) is 0 Å². The van der Waals surface area contributed by atoms with Crippen molar-refractivity contribution in [2.24, 2.45) is 0 Å². The molecule has 0 spiro atoms. The quantitative estimate of drug-likeness (QED) is 0.624. The number of hydrogen-bond donors (Lipinski definition) is 1. The van der Waals surface area contributed by atoms with Gasteiger partial charge in [0, 0.05) is 22.1 Å². The predicted molar refractivity (Wildman–Crippen MR) is 93.3 cm³/mol. The molecule has 0 fully saturated rings. The van der Waals surface area contributed by atoms with Gasteiger partial charge in [0.25, 0.3) is 0 Å². The van der Waals surface area contributed by atoms with Gasteiger partial charge in [0.05, 0.1) is 0 Å². The summed E-state index contributed by atoms with van der Waals surface area (Å²) in [6.07, 6.45) is 0. The van der Waals surface area contributed by atoms with Gasteiger partial charge in [-0.15, -0.1) is 11.3 Å². The van der Waals surface area contributed by atoms with E-state index < -0.39 is 0 Å². The molecule has 0 radical (unpaired) electrons. The summed E-state index contributed by atoms with van der Waals surface area (Å²) in [5, 5.41) is 6.47. The van der Waals surface area contributed by atoms with Crippen LogP contribution in [0.25, 0.3) is 11.1 Å². The van der Waals surface area contributed by atoms with Gasteiger partial charge in [-0.2, -0.15) is 0 Å². The fourth-order valence-electron chi connectivity index (χ4n) is 2.24. The fraction of sp³-hybridized carbons (Fsp3) is 0.111. The standard InChI is InChI=1S/C18H16ClNS/c1-13-17(19)8-5-9-18(13)20-11-16-10-15(12-21-16)14-6-3-2-4-7-14/h2-10,12,20H,11H2,1H3. The Hall–Kier alpha value is -1.77. The van der Waals surface area contributed by atoms with Gasteiger partial charge < -0.3 is 5.32 Å². The first-order chi connectivity index (χ1) is 10.2. The average molecular weight is 314 g/mol. The van der Waals surface area contributed by atoms with Crippen molar-refractivity contribution in [3.8, 4) is 11.1 Å². The third-order valence-corrected chi connectivity index (χ3v) is 4.83. The van der Waals surface area contributed by atoms with Gasteiger partial charge in [-0.1, -0.05) is 48.0 Å².